The van der Waals surface area contributed by atoms with Crippen molar-refractivity contribution in [3.05, 3.63) is 29.8 Å². The Labute approximate surface area is 143 Å². The third kappa shape index (κ3) is 3.35. The number of carbonyl (C=O) groups excluding carboxylic acids is 2. The summed E-state index contributed by atoms with van der Waals surface area (Å²) in [4.78, 5) is 31.8. The number of fused-ring (bicyclic) bond motifs is 2. The number of hydrogen-bond donors (Lipinski definition) is 0. The summed E-state index contributed by atoms with van der Waals surface area (Å²) in [6, 6.07) is 7.84. The van der Waals surface area contributed by atoms with Gasteiger partial charge in [0.1, 0.15) is 5.84 Å². The smallest absolute Gasteiger partial charge is 0.279 e. The molecular formula is C19H25N3O2. The van der Waals surface area contributed by atoms with Gasteiger partial charge in [0.05, 0.1) is 18.2 Å². The molecule has 128 valence electrons. The Balaban J connectivity index is 1.68. The Hall–Kier alpha value is -2.17. The van der Waals surface area contributed by atoms with Gasteiger partial charge in [-0.25, -0.2) is 9.79 Å². The SMILES string of the molecule is CCCCCCc1ccc(N=C2CC(=O)N3C(=O)N2CC3C)cc1. The van der Waals surface area contributed by atoms with E-state index in [1.807, 2.05) is 19.1 Å². The molecule has 5 nitrogen and oxygen atoms in total. The first-order chi connectivity index (χ1) is 11.6. The first-order valence-electron chi connectivity index (χ1n) is 8.90. The summed E-state index contributed by atoms with van der Waals surface area (Å²) in [5, 5.41) is 0. The minimum atomic E-state index is -0.231. The van der Waals surface area contributed by atoms with Gasteiger partial charge in [-0.3, -0.25) is 14.6 Å². The standard InChI is InChI=1S/C19H25N3O2/c1-3-4-5-6-7-15-8-10-16(11-9-15)20-17-12-18(23)22-14(2)13-21(17)19(22)24/h8-11,14H,3-7,12-13H2,1-2H3. The number of carbonyl (C=O) groups is 2. The summed E-state index contributed by atoms with van der Waals surface area (Å²) in [5.41, 5.74) is 2.11. The Morgan fingerprint density at radius 1 is 1.12 bits per heavy atom. The number of amidine groups is 1. The largest absolute Gasteiger partial charge is 0.332 e. The average molecular weight is 327 g/mol. The van der Waals surface area contributed by atoms with E-state index in [1.165, 1.54) is 36.1 Å². The lowest BCUT2D eigenvalue weighted by Crippen LogP contribution is -2.47. The molecule has 2 saturated heterocycles. The van der Waals surface area contributed by atoms with Crippen LogP contribution in [0.5, 0.6) is 0 Å². The first kappa shape index (κ1) is 16.7. The fraction of sp³-hybridized carbons (Fsp3) is 0.526. The summed E-state index contributed by atoms with van der Waals surface area (Å²) in [6.45, 7) is 4.65. The van der Waals surface area contributed by atoms with Crippen molar-refractivity contribution in [2.24, 2.45) is 4.99 Å². The molecule has 3 amide bonds. The van der Waals surface area contributed by atoms with E-state index in [1.54, 1.807) is 4.90 Å². The monoisotopic (exact) mass is 327 g/mol. The number of benzene rings is 1. The molecule has 1 aromatic rings. The van der Waals surface area contributed by atoms with Gasteiger partial charge in [-0.2, -0.15) is 0 Å². The number of amides is 3. The van der Waals surface area contributed by atoms with Gasteiger partial charge in [0, 0.05) is 6.54 Å². The number of hydrogen-bond acceptors (Lipinski definition) is 3. The summed E-state index contributed by atoms with van der Waals surface area (Å²) >= 11 is 0. The molecule has 2 bridgehead atoms. The normalized spacial score (nSPS) is 21.9. The summed E-state index contributed by atoms with van der Waals surface area (Å²) in [7, 11) is 0. The van der Waals surface area contributed by atoms with Crippen LogP contribution in [0.25, 0.3) is 0 Å². The van der Waals surface area contributed by atoms with E-state index in [-0.39, 0.29) is 24.4 Å². The number of aryl methyl sites for hydroxylation is 1. The van der Waals surface area contributed by atoms with Crippen molar-refractivity contribution < 1.29 is 9.59 Å². The summed E-state index contributed by atoms with van der Waals surface area (Å²) in [5.74, 6) is 0.425. The van der Waals surface area contributed by atoms with Crippen LogP contribution < -0.4 is 0 Å². The minimum absolute atomic E-state index is 0.0665. The molecule has 0 aliphatic carbocycles. The lowest BCUT2D eigenvalue weighted by molar-refractivity contribution is -0.127. The molecule has 0 saturated carbocycles. The molecule has 0 radical (unpaired) electrons. The van der Waals surface area contributed by atoms with Gasteiger partial charge in [0.15, 0.2) is 0 Å². The third-order valence-electron chi connectivity index (χ3n) is 4.73. The van der Waals surface area contributed by atoms with Crippen LogP contribution in [0.4, 0.5) is 10.5 Å². The van der Waals surface area contributed by atoms with E-state index < -0.39 is 0 Å². The van der Waals surface area contributed by atoms with Crippen molar-refractivity contribution in [3.8, 4) is 0 Å². The second kappa shape index (κ2) is 7.16. The van der Waals surface area contributed by atoms with Gasteiger partial charge >= 0.3 is 6.03 Å². The zero-order valence-electron chi connectivity index (χ0n) is 14.5. The highest BCUT2D eigenvalue weighted by Gasteiger charge is 2.45. The van der Waals surface area contributed by atoms with Crippen LogP contribution in [-0.2, 0) is 11.2 Å². The topological polar surface area (TPSA) is 53.0 Å². The van der Waals surface area contributed by atoms with Crippen LogP contribution >= 0.6 is 0 Å². The minimum Gasteiger partial charge on any atom is -0.279 e. The maximum atomic E-state index is 12.2. The van der Waals surface area contributed by atoms with Crippen molar-refractivity contribution in [3.63, 3.8) is 0 Å². The van der Waals surface area contributed by atoms with Gasteiger partial charge in [-0.05, 0) is 37.5 Å². The maximum Gasteiger partial charge on any atom is 0.332 e. The second-order valence-corrected chi connectivity index (χ2v) is 6.69. The van der Waals surface area contributed by atoms with Gasteiger partial charge in [0.25, 0.3) is 0 Å². The van der Waals surface area contributed by atoms with Gasteiger partial charge in [-0.1, -0.05) is 38.3 Å². The van der Waals surface area contributed by atoms with Crippen molar-refractivity contribution in [2.75, 3.05) is 6.54 Å². The number of unbranched alkanes of at least 4 members (excludes halogenated alkanes) is 3. The Kier molecular flexibility index (Phi) is 4.97. The zero-order valence-corrected chi connectivity index (χ0v) is 14.5. The number of urea groups is 1. The Morgan fingerprint density at radius 2 is 1.88 bits per heavy atom. The van der Waals surface area contributed by atoms with Crippen molar-refractivity contribution >= 4 is 23.5 Å². The molecule has 0 aromatic heterocycles. The lowest BCUT2D eigenvalue weighted by atomic mass is 10.1. The van der Waals surface area contributed by atoms with E-state index >= 15 is 0 Å². The average Bonchev–Trinajstić information content (AvgIpc) is 2.79. The second-order valence-electron chi connectivity index (χ2n) is 6.69. The Bertz CT molecular complexity index is 651. The molecule has 2 aliphatic rings. The molecule has 24 heavy (non-hydrogen) atoms. The Morgan fingerprint density at radius 3 is 2.58 bits per heavy atom. The van der Waals surface area contributed by atoms with Crippen LogP contribution in [0.3, 0.4) is 0 Å². The summed E-state index contributed by atoms with van der Waals surface area (Å²) in [6.07, 6.45) is 6.32. The number of rotatable bonds is 6. The van der Waals surface area contributed by atoms with Crippen LogP contribution in [0, 0.1) is 0 Å². The van der Waals surface area contributed by atoms with Crippen LogP contribution in [0.15, 0.2) is 29.3 Å². The molecule has 1 aromatic carbocycles. The predicted octanol–water partition coefficient (Wildman–Crippen LogP) is 3.90. The molecule has 0 spiro atoms. The van der Waals surface area contributed by atoms with Crippen LogP contribution in [0.1, 0.15) is 51.5 Å². The molecule has 0 N–H and O–H groups in total. The number of aliphatic imine (C=N–C) groups is 1. The molecule has 2 heterocycles. The van der Waals surface area contributed by atoms with Crippen molar-refractivity contribution in [1.82, 2.24) is 9.80 Å². The fourth-order valence-corrected chi connectivity index (χ4v) is 3.37. The first-order valence-corrected chi connectivity index (χ1v) is 8.90. The highest BCUT2D eigenvalue weighted by atomic mass is 16.2. The quantitative estimate of drug-likeness (QED) is 0.744. The zero-order chi connectivity index (χ0) is 17.1. The molecule has 2 aliphatic heterocycles. The highest BCUT2D eigenvalue weighted by molar-refractivity contribution is 6.17. The molecule has 3 rings (SSSR count). The molecule has 2 fully saturated rings. The van der Waals surface area contributed by atoms with Gasteiger partial charge in [0.2, 0.25) is 5.91 Å². The van der Waals surface area contributed by atoms with E-state index in [2.05, 4.69) is 24.0 Å². The molecular weight excluding hydrogens is 302 g/mol. The van der Waals surface area contributed by atoms with Crippen molar-refractivity contribution in [2.45, 2.75) is 58.4 Å². The van der Waals surface area contributed by atoms with E-state index in [0.29, 0.717) is 12.4 Å². The molecule has 5 heteroatoms. The third-order valence-corrected chi connectivity index (χ3v) is 4.73. The van der Waals surface area contributed by atoms with Crippen molar-refractivity contribution in [1.29, 1.82) is 0 Å². The number of nitrogens with zero attached hydrogens (tertiary/aromatic N) is 3. The number of imide groups is 1. The van der Waals surface area contributed by atoms with Gasteiger partial charge < -0.3 is 0 Å². The van der Waals surface area contributed by atoms with Crippen LogP contribution in [-0.4, -0.2) is 40.2 Å². The van der Waals surface area contributed by atoms with E-state index in [9.17, 15) is 9.59 Å². The predicted molar refractivity (Wildman–Crippen MR) is 94.4 cm³/mol. The molecule has 1 unspecified atom stereocenters. The lowest BCUT2D eigenvalue weighted by Gasteiger charge is -2.25. The maximum absolute atomic E-state index is 12.2. The molecule has 1 atom stereocenters. The van der Waals surface area contributed by atoms with E-state index in [4.69, 9.17) is 0 Å². The fourth-order valence-electron chi connectivity index (χ4n) is 3.37. The van der Waals surface area contributed by atoms with Crippen LogP contribution in [0.2, 0.25) is 0 Å². The van der Waals surface area contributed by atoms with Gasteiger partial charge in [-0.15, -0.1) is 0 Å². The van der Waals surface area contributed by atoms with E-state index in [0.717, 1.165) is 12.1 Å². The summed E-state index contributed by atoms with van der Waals surface area (Å²) < 4.78 is 0. The highest BCUT2D eigenvalue weighted by Crippen LogP contribution is 2.26.